The van der Waals surface area contributed by atoms with Gasteiger partial charge in [-0.05, 0) is 35.4 Å². The molecule has 0 atom stereocenters. The summed E-state index contributed by atoms with van der Waals surface area (Å²) in [5.41, 5.74) is 2.00. The molecule has 0 fully saturated rings. The zero-order chi connectivity index (χ0) is 22.1. The third-order valence-corrected chi connectivity index (χ3v) is 4.78. The summed E-state index contributed by atoms with van der Waals surface area (Å²) in [5.74, 6) is -0.367. The molecule has 0 saturated heterocycles. The quantitative estimate of drug-likeness (QED) is 0.521. The van der Waals surface area contributed by atoms with E-state index in [1.165, 1.54) is 0 Å². The van der Waals surface area contributed by atoms with Gasteiger partial charge in [-0.3, -0.25) is 14.4 Å². The summed E-state index contributed by atoms with van der Waals surface area (Å²) in [5, 5.41) is 3.23. The molecular weight excluding hydrogens is 414 g/mol. The van der Waals surface area contributed by atoms with Crippen LogP contribution in [-0.2, 0) is 22.4 Å². The predicted molar refractivity (Wildman–Crippen MR) is 120 cm³/mol. The molecule has 0 radical (unpaired) electrons. The summed E-state index contributed by atoms with van der Waals surface area (Å²) in [6.07, 6.45) is 0.456. The molecule has 3 aromatic rings. The fourth-order valence-corrected chi connectivity index (χ4v) is 3.11. The van der Waals surface area contributed by atoms with E-state index in [0.717, 1.165) is 11.1 Å². The molecule has 0 spiro atoms. The average Bonchev–Trinajstić information content (AvgIpc) is 2.78. The number of ketones is 2. The number of hydrogen-bond acceptors (Lipinski definition) is 4. The molecule has 1 amide bonds. The maximum atomic E-state index is 12.5. The summed E-state index contributed by atoms with van der Waals surface area (Å²) in [6.45, 7) is -0.253. The number of halogens is 1. The standard InChI is InChI=1S/C25H22ClNO4/c26-20-12-10-19(11-13-20)15-22(29)17-31-24-9-5-4-8-23(24)25(30)27-16-21(28)14-18-6-2-1-3-7-18/h1-13H,14-17H2,(H,27,30). The first-order valence-corrected chi connectivity index (χ1v) is 10.2. The van der Waals surface area contributed by atoms with Crippen molar-refractivity contribution in [2.24, 2.45) is 0 Å². The Kier molecular flexibility index (Phi) is 7.96. The lowest BCUT2D eigenvalue weighted by Crippen LogP contribution is -2.30. The van der Waals surface area contributed by atoms with E-state index in [1.54, 1.807) is 48.5 Å². The first kappa shape index (κ1) is 22.2. The van der Waals surface area contributed by atoms with Crippen LogP contribution in [0.4, 0.5) is 0 Å². The smallest absolute Gasteiger partial charge is 0.255 e. The molecule has 0 bridgehead atoms. The molecule has 158 valence electrons. The van der Waals surface area contributed by atoms with Crippen LogP contribution in [0.25, 0.3) is 0 Å². The first-order valence-electron chi connectivity index (χ1n) is 9.83. The van der Waals surface area contributed by atoms with Gasteiger partial charge in [0.1, 0.15) is 12.4 Å². The molecule has 31 heavy (non-hydrogen) atoms. The number of carbonyl (C=O) groups excluding carboxylic acids is 3. The molecule has 0 heterocycles. The lowest BCUT2D eigenvalue weighted by atomic mass is 10.1. The molecular formula is C25H22ClNO4. The highest BCUT2D eigenvalue weighted by atomic mass is 35.5. The summed E-state index contributed by atoms with van der Waals surface area (Å²) in [6, 6.07) is 23.0. The maximum absolute atomic E-state index is 12.5. The number of hydrogen-bond donors (Lipinski definition) is 1. The number of rotatable bonds is 10. The van der Waals surface area contributed by atoms with Gasteiger partial charge in [-0.25, -0.2) is 0 Å². The second-order valence-electron chi connectivity index (χ2n) is 7.01. The van der Waals surface area contributed by atoms with Gasteiger partial charge in [0, 0.05) is 17.9 Å². The van der Waals surface area contributed by atoms with Gasteiger partial charge in [-0.2, -0.15) is 0 Å². The summed E-state index contributed by atoms with van der Waals surface area (Å²) >= 11 is 5.85. The van der Waals surface area contributed by atoms with Crippen molar-refractivity contribution in [1.82, 2.24) is 5.32 Å². The van der Waals surface area contributed by atoms with Crippen molar-refractivity contribution in [1.29, 1.82) is 0 Å². The van der Waals surface area contributed by atoms with Crippen LogP contribution in [0.1, 0.15) is 21.5 Å². The van der Waals surface area contributed by atoms with E-state index in [-0.39, 0.29) is 43.1 Å². The average molecular weight is 436 g/mol. The molecule has 0 aliphatic carbocycles. The molecule has 0 unspecified atom stereocenters. The van der Waals surface area contributed by atoms with E-state index >= 15 is 0 Å². The van der Waals surface area contributed by atoms with Gasteiger partial charge < -0.3 is 10.1 Å². The highest BCUT2D eigenvalue weighted by Gasteiger charge is 2.15. The number of benzene rings is 3. The van der Waals surface area contributed by atoms with E-state index in [4.69, 9.17) is 16.3 Å². The van der Waals surface area contributed by atoms with Gasteiger partial charge in [0.2, 0.25) is 0 Å². The fraction of sp³-hybridized carbons (Fsp3) is 0.160. The Labute approximate surface area is 186 Å². The Balaban J connectivity index is 1.52. The van der Waals surface area contributed by atoms with E-state index in [2.05, 4.69) is 5.32 Å². The van der Waals surface area contributed by atoms with Crippen molar-refractivity contribution >= 4 is 29.1 Å². The summed E-state index contributed by atoms with van der Waals surface area (Å²) in [4.78, 5) is 36.9. The minimum absolute atomic E-state index is 0.0858. The largest absolute Gasteiger partial charge is 0.485 e. The van der Waals surface area contributed by atoms with Crippen LogP contribution < -0.4 is 10.1 Å². The minimum Gasteiger partial charge on any atom is -0.485 e. The van der Waals surface area contributed by atoms with Crippen molar-refractivity contribution < 1.29 is 19.1 Å². The lowest BCUT2D eigenvalue weighted by Gasteiger charge is -2.11. The third-order valence-electron chi connectivity index (χ3n) is 4.53. The molecule has 0 aromatic heterocycles. The highest BCUT2D eigenvalue weighted by Crippen LogP contribution is 2.18. The molecule has 6 heteroatoms. The highest BCUT2D eigenvalue weighted by molar-refractivity contribution is 6.30. The van der Waals surface area contributed by atoms with E-state index in [1.807, 2.05) is 30.3 Å². The van der Waals surface area contributed by atoms with Crippen molar-refractivity contribution in [3.8, 4) is 5.75 Å². The van der Waals surface area contributed by atoms with Gasteiger partial charge >= 0.3 is 0 Å². The van der Waals surface area contributed by atoms with E-state index in [0.29, 0.717) is 10.8 Å². The molecule has 3 rings (SSSR count). The molecule has 3 aromatic carbocycles. The monoisotopic (exact) mass is 435 g/mol. The maximum Gasteiger partial charge on any atom is 0.255 e. The van der Waals surface area contributed by atoms with Crippen LogP contribution in [0.5, 0.6) is 5.75 Å². The number of para-hydroxylation sites is 1. The Morgan fingerprint density at radius 3 is 2.10 bits per heavy atom. The molecule has 5 nitrogen and oxygen atoms in total. The molecule has 0 aliphatic rings. The van der Waals surface area contributed by atoms with Gasteiger partial charge in [0.25, 0.3) is 5.91 Å². The predicted octanol–water partition coefficient (Wildman–Crippen LogP) is 4.07. The van der Waals surface area contributed by atoms with E-state index in [9.17, 15) is 14.4 Å². The Morgan fingerprint density at radius 1 is 0.742 bits per heavy atom. The number of Topliss-reactive ketones (excluding diaryl/α,β-unsaturated/α-hetero) is 2. The van der Waals surface area contributed by atoms with Crippen LogP contribution >= 0.6 is 11.6 Å². The summed E-state index contributed by atoms with van der Waals surface area (Å²) in [7, 11) is 0. The van der Waals surface area contributed by atoms with Crippen LogP contribution in [0.2, 0.25) is 5.02 Å². The number of nitrogens with one attached hydrogen (secondary N) is 1. The molecule has 0 saturated carbocycles. The van der Waals surface area contributed by atoms with Crippen molar-refractivity contribution in [2.75, 3.05) is 13.2 Å². The third kappa shape index (κ3) is 7.08. The van der Waals surface area contributed by atoms with Gasteiger partial charge in [0.15, 0.2) is 11.6 Å². The second-order valence-corrected chi connectivity index (χ2v) is 7.45. The van der Waals surface area contributed by atoms with Crippen molar-refractivity contribution in [3.05, 3.63) is 101 Å². The van der Waals surface area contributed by atoms with Crippen molar-refractivity contribution in [3.63, 3.8) is 0 Å². The molecule has 1 N–H and O–H groups in total. The number of amides is 1. The van der Waals surface area contributed by atoms with Crippen LogP contribution in [0.15, 0.2) is 78.9 Å². The minimum atomic E-state index is -0.429. The Morgan fingerprint density at radius 2 is 1.35 bits per heavy atom. The summed E-state index contributed by atoms with van der Waals surface area (Å²) < 4.78 is 5.60. The second kappa shape index (κ2) is 11.1. The zero-order valence-corrected chi connectivity index (χ0v) is 17.6. The van der Waals surface area contributed by atoms with Gasteiger partial charge in [0.05, 0.1) is 12.1 Å². The number of ether oxygens (including phenoxy) is 1. The van der Waals surface area contributed by atoms with E-state index < -0.39 is 5.91 Å². The molecule has 0 aliphatic heterocycles. The normalized spacial score (nSPS) is 10.4. The van der Waals surface area contributed by atoms with Crippen LogP contribution in [0.3, 0.4) is 0 Å². The van der Waals surface area contributed by atoms with Gasteiger partial charge in [-0.15, -0.1) is 0 Å². The fourth-order valence-electron chi connectivity index (χ4n) is 2.98. The lowest BCUT2D eigenvalue weighted by molar-refractivity contribution is -0.120. The van der Waals surface area contributed by atoms with Crippen LogP contribution in [-0.4, -0.2) is 30.6 Å². The zero-order valence-electron chi connectivity index (χ0n) is 16.8. The first-order chi connectivity index (χ1) is 15.0. The van der Waals surface area contributed by atoms with Crippen LogP contribution in [0, 0.1) is 0 Å². The van der Waals surface area contributed by atoms with Crippen molar-refractivity contribution in [2.45, 2.75) is 12.8 Å². The van der Waals surface area contributed by atoms with Gasteiger partial charge in [-0.1, -0.05) is 66.2 Å². The number of carbonyl (C=O) groups is 3. The Hall–Kier alpha value is -3.44. The topological polar surface area (TPSA) is 72.5 Å². The SMILES string of the molecule is O=C(CNC(=O)c1ccccc1OCC(=O)Cc1ccc(Cl)cc1)Cc1ccccc1. The Bertz CT molecular complexity index is 1050.